The normalized spacial score (nSPS) is 14.4. The summed E-state index contributed by atoms with van der Waals surface area (Å²) in [4.78, 5) is 11.6. The fourth-order valence-corrected chi connectivity index (χ4v) is 2.53. The molecule has 0 amide bonds. The van der Waals surface area contributed by atoms with Gasteiger partial charge in [0.05, 0.1) is 12.2 Å². The highest BCUT2D eigenvalue weighted by Crippen LogP contribution is 2.31. The highest BCUT2D eigenvalue weighted by Gasteiger charge is 2.18. The molecule has 0 fully saturated rings. The summed E-state index contributed by atoms with van der Waals surface area (Å²) < 4.78 is 5.52. The van der Waals surface area contributed by atoms with E-state index in [0.717, 1.165) is 11.3 Å². The third-order valence-electron chi connectivity index (χ3n) is 2.72. The van der Waals surface area contributed by atoms with Gasteiger partial charge in [0.2, 0.25) is 0 Å². The van der Waals surface area contributed by atoms with Crippen molar-refractivity contribution >= 4 is 17.1 Å². The zero-order chi connectivity index (χ0) is 11.0. The van der Waals surface area contributed by atoms with Crippen LogP contribution in [0.4, 0.5) is 0 Å². The Balaban J connectivity index is 2.08. The number of rotatable bonds is 1. The van der Waals surface area contributed by atoms with Gasteiger partial charge in [0, 0.05) is 6.42 Å². The molecule has 1 aliphatic heterocycles. The highest BCUT2D eigenvalue weighted by atomic mass is 32.1. The van der Waals surface area contributed by atoms with Crippen LogP contribution in [0.25, 0.3) is 11.1 Å². The van der Waals surface area contributed by atoms with E-state index in [1.165, 1.54) is 5.56 Å². The minimum Gasteiger partial charge on any atom is -0.492 e. The van der Waals surface area contributed by atoms with E-state index in [0.29, 0.717) is 18.6 Å². The maximum atomic E-state index is 11.6. The van der Waals surface area contributed by atoms with Crippen LogP contribution in [-0.2, 0) is 0 Å². The quantitative estimate of drug-likeness (QED) is 0.750. The molecule has 80 valence electrons. The molecular weight excluding hydrogens is 220 g/mol. The number of carbonyl (C=O) groups is 1. The van der Waals surface area contributed by atoms with E-state index in [-0.39, 0.29) is 5.78 Å². The van der Waals surface area contributed by atoms with Crippen molar-refractivity contribution < 1.29 is 9.53 Å². The summed E-state index contributed by atoms with van der Waals surface area (Å²) in [6.45, 7) is 0.499. The van der Waals surface area contributed by atoms with Gasteiger partial charge in [0.25, 0.3) is 0 Å². The Kier molecular flexibility index (Phi) is 2.26. The van der Waals surface area contributed by atoms with E-state index < -0.39 is 0 Å². The van der Waals surface area contributed by atoms with E-state index >= 15 is 0 Å². The summed E-state index contributed by atoms with van der Waals surface area (Å²) in [6, 6.07) is 7.86. The summed E-state index contributed by atoms with van der Waals surface area (Å²) in [5.74, 6) is 0.901. The largest absolute Gasteiger partial charge is 0.492 e. The predicted molar refractivity (Wildman–Crippen MR) is 64.2 cm³/mol. The number of hydrogen-bond acceptors (Lipinski definition) is 3. The molecule has 0 unspecified atom stereocenters. The van der Waals surface area contributed by atoms with Gasteiger partial charge in [-0.15, -0.1) is 0 Å². The SMILES string of the molecule is O=C1CCOc2cc(-c3ccsc3)ccc21. The average molecular weight is 230 g/mol. The van der Waals surface area contributed by atoms with Crippen molar-refractivity contribution in [2.45, 2.75) is 6.42 Å². The van der Waals surface area contributed by atoms with E-state index in [9.17, 15) is 4.79 Å². The first kappa shape index (κ1) is 9.60. The van der Waals surface area contributed by atoms with Gasteiger partial charge in [-0.3, -0.25) is 4.79 Å². The van der Waals surface area contributed by atoms with Crippen LogP contribution < -0.4 is 4.74 Å². The van der Waals surface area contributed by atoms with Crippen LogP contribution >= 0.6 is 11.3 Å². The lowest BCUT2D eigenvalue weighted by molar-refractivity contribution is 0.0933. The minimum atomic E-state index is 0.179. The Morgan fingerprint density at radius 3 is 2.94 bits per heavy atom. The summed E-state index contributed by atoms with van der Waals surface area (Å²) in [6.07, 6.45) is 0.491. The molecule has 0 saturated heterocycles. The minimum absolute atomic E-state index is 0.179. The zero-order valence-electron chi connectivity index (χ0n) is 8.60. The monoisotopic (exact) mass is 230 g/mol. The Morgan fingerprint density at radius 2 is 2.12 bits per heavy atom. The van der Waals surface area contributed by atoms with Crippen LogP contribution in [0, 0.1) is 0 Å². The molecule has 3 rings (SSSR count). The molecule has 16 heavy (non-hydrogen) atoms. The maximum Gasteiger partial charge on any atom is 0.169 e. The molecule has 1 aromatic carbocycles. The summed E-state index contributed by atoms with van der Waals surface area (Å²) >= 11 is 1.66. The molecular formula is C13H10O2S. The molecule has 0 atom stereocenters. The van der Waals surface area contributed by atoms with Gasteiger partial charge in [0.15, 0.2) is 5.78 Å². The van der Waals surface area contributed by atoms with Gasteiger partial charge in [-0.1, -0.05) is 6.07 Å². The number of thiophene rings is 1. The Morgan fingerprint density at radius 1 is 1.19 bits per heavy atom. The van der Waals surface area contributed by atoms with Gasteiger partial charge in [-0.2, -0.15) is 11.3 Å². The molecule has 2 nitrogen and oxygen atoms in total. The van der Waals surface area contributed by atoms with E-state index in [4.69, 9.17) is 4.74 Å². The van der Waals surface area contributed by atoms with Crippen molar-refractivity contribution in [2.75, 3.05) is 6.61 Å². The zero-order valence-corrected chi connectivity index (χ0v) is 9.42. The second-order valence-corrected chi connectivity index (χ2v) is 4.52. The van der Waals surface area contributed by atoms with Gasteiger partial charge in [-0.25, -0.2) is 0 Å². The molecule has 0 bridgehead atoms. The third-order valence-corrected chi connectivity index (χ3v) is 3.41. The van der Waals surface area contributed by atoms with Crippen molar-refractivity contribution in [2.24, 2.45) is 0 Å². The van der Waals surface area contributed by atoms with E-state index in [2.05, 4.69) is 11.4 Å². The predicted octanol–water partition coefficient (Wildman–Crippen LogP) is 3.38. The second-order valence-electron chi connectivity index (χ2n) is 3.74. The molecule has 3 heteroatoms. The summed E-state index contributed by atoms with van der Waals surface area (Å²) in [5.41, 5.74) is 2.99. The molecule has 1 aromatic heterocycles. The average Bonchev–Trinajstić information content (AvgIpc) is 2.82. The molecule has 2 heterocycles. The van der Waals surface area contributed by atoms with Gasteiger partial charge in [0.1, 0.15) is 5.75 Å². The number of benzene rings is 1. The van der Waals surface area contributed by atoms with Crippen molar-refractivity contribution in [1.29, 1.82) is 0 Å². The second kappa shape index (κ2) is 3.76. The lowest BCUT2D eigenvalue weighted by Crippen LogP contribution is -2.14. The number of Topliss-reactive ketones (excluding diaryl/α,β-unsaturated/α-hetero) is 1. The van der Waals surface area contributed by atoms with Crippen LogP contribution in [-0.4, -0.2) is 12.4 Å². The first-order valence-corrected chi connectivity index (χ1v) is 6.11. The topological polar surface area (TPSA) is 26.3 Å². The van der Waals surface area contributed by atoms with Crippen molar-refractivity contribution in [3.8, 4) is 16.9 Å². The smallest absolute Gasteiger partial charge is 0.169 e. The molecule has 0 N–H and O–H groups in total. The van der Waals surface area contributed by atoms with Gasteiger partial charge >= 0.3 is 0 Å². The number of fused-ring (bicyclic) bond motifs is 1. The summed E-state index contributed by atoms with van der Waals surface area (Å²) in [5, 5.41) is 4.13. The molecule has 0 saturated carbocycles. The summed E-state index contributed by atoms with van der Waals surface area (Å²) in [7, 11) is 0. The Bertz CT molecular complexity index is 529. The molecule has 0 spiro atoms. The lowest BCUT2D eigenvalue weighted by Gasteiger charge is -2.16. The van der Waals surface area contributed by atoms with Crippen LogP contribution in [0.15, 0.2) is 35.0 Å². The molecule has 0 radical (unpaired) electrons. The van der Waals surface area contributed by atoms with Crippen molar-refractivity contribution in [1.82, 2.24) is 0 Å². The van der Waals surface area contributed by atoms with E-state index in [1.54, 1.807) is 11.3 Å². The van der Waals surface area contributed by atoms with Crippen LogP contribution in [0.2, 0.25) is 0 Å². The van der Waals surface area contributed by atoms with Crippen molar-refractivity contribution in [3.63, 3.8) is 0 Å². The van der Waals surface area contributed by atoms with Gasteiger partial charge < -0.3 is 4.74 Å². The lowest BCUT2D eigenvalue weighted by atomic mass is 10.0. The van der Waals surface area contributed by atoms with Gasteiger partial charge in [-0.05, 0) is 40.1 Å². The fraction of sp³-hybridized carbons (Fsp3) is 0.154. The fourth-order valence-electron chi connectivity index (χ4n) is 1.87. The number of ether oxygens (including phenoxy) is 1. The molecule has 2 aromatic rings. The Hall–Kier alpha value is -1.61. The number of carbonyl (C=O) groups excluding carboxylic acids is 1. The van der Waals surface area contributed by atoms with Crippen LogP contribution in [0.3, 0.4) is 0 Å². The molecule has 0 aliphatic carbocycles. The first-order chi connectivity index (χ1) is 7.84. The molecule has 1 aliphatic rings. The van der Waals surface area contributed by atoms with Crippen LogP contribution in [0.5, 0.6) is 5.75 Å². The Labute approximate surface area is 97.5 Å². The van der Waals surface area contributed by atoms with Crippen molar-refractivity contribution in [3.05, 3.63) is 40.6 Å². The highest BCUT2D eigenvalue weighted by molar-refractivity contribution is 7.08. The van der Waals surface area contributed by atoms with Crippen LogP contribution in [0.1, 0.15) is 16.8 Å². The first-order valence-electron chi connectivity index (χ1n) is 5.17. The standard InChI is InChI=1S/C13H10O2S/c14-12-3-5-15-13-7-9(1-2-11(12)13)10-4-6-16-8-10/h1-2,4,6-8H,3,5H2. The maximum absolute atomic E-state index is 11.6. The van der Waals surface area contributed by atoms with E-state index in [1.807, 2.05) is 23.6 Å². The number of hydrogen-bond donors (Lipinski definition) is 0. The number of ketones is 1. The third kappa shape index (κ3) is 1.53.